The van der Waals surface area contributed by atoms with Crippen LogP contribution in [0.2, 0.25) is 0 Å². The molecule has 0 amide bonds. The van der Waals surface area contributed by atoms with Crippen molar-refractivity contribution >= 4 is 0 Å². The largest absolute Gasteiger partial charge is 0.334 e. The Balaban J connectivity index is 2.45. The molecule has 2 aromatic rings. The van der Waals surface area contributed by atoms with Crippen molar-refractivity contribution < 1.29 is 0 Å². The van der Waals surface area contributed by atoms with Gasteiger partial charge >= 0.3 is 0 Å². The third-order valence-electron chi connectivity index (χ3n) is 2.95. The number of hydrazine groups is 1. The highest BCUT2D eigenvalue weighted by atomic mass is 15.3. The molecule has 96 valence electrons. The normalized spacial score (nSPS) is 12.7. The number of rotatable bonds is 4. The van der Waals surface area contributed by atoms with E-state index in [0.29, 0.717) is 0 Å². The summed E-state index contributed by atoms with van der Waals surface area (Å²) in [7, 11) is 0. The Morgan fingerprint density at radius 1 is 1.33 bits per heavy atom. The van der Waals surface area contributed by atoms with Crippen molar-refractivity contribution in [3.05, 3.63) is 47.3 Å². The third kappa shape index (κ3) is 2.42. The van der Waals surface area contributed by atoms with Crippen LogP contribution in [0.4, 0.5) is 0 Å². The Morgan fingerprint density at radius 3 is 2.56 bits per heavy atom. The number of nitrogens with zero attached hydrogens (tertiary/aromatic N) is 3. The van der Waals surface area contributed by atoms with E-state index in [-0.39, 0.29) is 6.04 Å². The third-order valence-corrected chi connectivity index (χ3v) is 2.95. The predicted octanol–water partition coefficient (Wildman–Crippen LogP) is 1.47. The van der Waals surface area contributed by atoms with Gasteiger partial charge in [0.15, 0.2) is 0 Å². The van der Waals surface area contributed by atoms with Crippen molar-refractivity contribution in [1.82, 2.24) is 20.0 Å². The minimum atomic E-state index is -0.111. The van der Waals surface area contributed by atoms with Gasteiger partial charge in [0.2, 0.25) is 0 Å². The van der Waals surface area contributed by atoms with Crippen molar-refractivity contribution in [2.24, 2.45) is 5.84 Å². The molecule has 5 nitrogen and oxygen atoms in total. The van der Waals surface area contributed by atoms with Gasteiger partial charge in [0.1, 0.15) is 11.9 Å². The molecular formula is C13H19N5. The fraction of sp³-hybridized carbons (Fsp3) is 0.385. The van der Waals surface area contributed by atoms with Crippen molar-refractivity contribution in [2.75, 3.05) is 0 Å². The molecule has 0 saturated carbocycles. The van der Waals surface area contributed by atoms with Gasteiger partial charge in [0.25, 0.3) is 0 Å². The molecule has 18 heavy (non-hydrogen) atoms. The Morgan fingerprint density at radius 2 is 2.00 bits per heavy atom. The number of aryl methyl sites for hydroxylation is 3. The SMILES string of the molecule is CCn1ccnc1C(NN)c1cc(C)nc(C)c1. The van der Waals surface area contributed by atoms with Gasteiger partial charge in [-0.2, -0.15) is 0 Å². The topological polar surface area (TPSA) is 68.8 Å². The lowest BCUT2D eigenvalue weighted by Gasteiger charge is -2.18. The van der Waals surface area contributed by atoms with Crippen LogP contribution in [0, 0.1) is 13.8 Å². The standard InChI is InChI=1S/C13H19N5/c1-4-18-6-5-15-13(18)12(17-14)11-7-9(2)16-10(3)8-11/h5-8,12,17H,4,14H2,1-3H3. The molecule has 2 aromatic heterocycles. The van der Waals surface area contributed by atoms with Crippen LogP contribution in [-0.2, 0) is 6.54 Å². The number of aromatic nitrogens is 3. The minimum absolute atomic E-state index is 0.111. The Kier molecular flexibility index (Phi) is 3.74. The molecule has 1 atom stereocenters. The maximum absolute atomic E-state index is 5.70. The van der Waals surface area contributed by atoms with Gasteiger partial charge in [0.05, 0.1) is 0 Å². The monoisotopic (exact) mass is 245 g/mol. The van der Waals surface area contributed by atoms with Crippen molar-refractivity contribution in [3.8, 4) is 0 Å². The number of imidazole rings is 1. The van der Waals surface area contributed by atoms with Gasteiger partial charge in [-0.25, -0.2) is 10.4 Å². The molecule has 0 bridgehead atoms. The first-order chi connectivity index (χ1) is 8.65. The molecule has 3 N–H and O–H groups in total. The van der Waals surface area contributed by atoms with Crippen LogP contribution >= 0.6 is 0 Å². The lowest BCUT2D eigenvalue weighted by atomic mass is 10.1. The molecule has 5 heteroatoms. The lowest BCUT2D eigenvalue weighted by molar-refractivity contribution is 0.560. The summed E-state index contributed by atoms with van der Waals surface area (Å²) in [6.07, 6.45) is 3.75. The highest BCUT2D eigenvalue weighted by Gasteiger charge is 2.18. The molecule has 0 radical (unpaired) electrons. The molecule has 0 aromatic carbocycles. The van der Waals surface area contributed by atoms with E-state index in [9.17, 15) is 0 Å². The Labute approximate surface area is 107 Å². The van der Waals surface area contributed by atoms with Crippen LogP contribution in [0.5, 0.6) is 0 Å². The van der Waals surface area contributed by atoms with E-state index in [2.05, 4.69) is 26.9 Å². The van der Waals surface area contributed by atoms with Gasteiger partial charge < -0.3 is 4.57 Å². The molecule has 2 rings (SSSR count). The molecule has 2 heterocycles. The number of hydrogen-bond donors (Lipinski definition) is 2. The summed E-state index contributed by atoms with van der Waals surface area (Å²) < 4.78 is 2.08. The van der Waals surface area contributed by atoms with E-state index in [4.69, 9.17) is 5.84 Å². The fourth-order valence-corrected chi connectivity index (χ4v) is 2.20. The first kappa shape index (κ1) is 12.7. The summed E-state index contributed by atoms with van der Waals surface area (Å²) in [6.45, 7) is 6.92. The lowest BCUT2D eigenvalue weighted by Crippen LogP contribution is -2.31. The second-order valence-electron chi connectivity index (χ2n) is 4.35. The summed E-state index contributed by atoms with van der Waals surface area (Å²) >= 11 is 0. The quantitative estimate of drug-likeness (QED) is 0.632. The average Bonchev–Trinajstić information content (AvgIpc) is 2.77. The van der Waals surface area contributed by atoms with E-state index < -0.39 is 0 Å². The van der Waals surface area contributed by atoms with Gasteiger partial charge in [-0.05, 0) is 38.5 Å². The van der Waals surface area contributed by atoms with Crippen LogP contribution in [0.3, 0.4) is 0 Å². The van der Waals surface area contributed by atoms with Crippen molar-refractivity contribution in [3.63, 3.8) is 0 Å². The molecule has 1 unspecified atom stereocenters. The number of nitrogens with two attached hydrogens (primary N) is 1. The van der Waals surface area contributed by atoms with Crippen LogP contribution in [-0.4, -0.2) is 14.5 Å². The first-order valence-corrected chi connectivity index (χ1v) is 6.08. The molecule has 0 aliphatic heterocycles. The second kappa shape index (κ2) is 5.29. The summed E-state index contributed by atoms with van der Waals surface area (Å²) in [5.74, 6) is 6.62. The van der Waals surface area contributed by atoms with E-state index in [1.165, 1.54) is 0 Å². The summed E-state index contributed by atoms with van der Waals surface area (Å²) in [5, 5.41) is 0. The molecule has 0 saturated heterocycles. The summed E-state index contributed by atoms with van der Waals surface area (Å²) in [5.41, 5.74) is 5.90. The zero-order chi connectivity index (χ0) is 13.1. The van der Waals surface area contributed by atoms with E-state index in [1.807, 2.05) is 32.2 Å². The van der Waals surface area contributed by atoms with Crippen LogP contribution in [0.25, 0.3) is 0 Å². The van der Waals surface area contributed by atoms with E-state index in [1.54, 1.807) is 6.20 Å². The highest BCUT2D eigenvalue weighted by molar-refractivity contribution is 5.28. The van der Waals surface area contributed by atoms with Crippen molar-refractivity contribution in [1.29, 1.82) is 0 Å². The maximum atomic E-state index is 5.70. The summed E-state index contributed by atoms with van der Waals surface area (Å²) in [4.78, 5) is 8.77. The van der Waals surface area contributed by atoms with Crippen LogP contribution in [0.15, 0.2) is 24.5 Å². The van der Waals surface area contributed by atoms with Crippen LogP contribution < -0.4 is 11.3 Å². The second-order valence-corrected chi connectivity index (χ2v) is 4.35. The average molecular weight is 245 g/mol. The number of hydrogen-bond acceptors (Lipinski definition) is 4. The molecule has 0 fully saturated rings. The van der Waals surface area contributed by atoms with E-state index in [0.717, 1.165) is 29.3 Å². The van der Waals surface area contributed by atoms with Gasteiger partial charge in [-0.15, -0.1) is 0 Å². The predicted molar refractivity (Wildman–Crippen MR) is 70.8 cm³/mol. The zero-order valence-electron chi connectivity index (χ0n) is 11.0. The molecule has 0 aliphatic carbocycles. The Bertz CT molecular complexity index is 512. The number of pyridine rings is 1. The van der Waals surface area contributed by atoms with Crippen molar-refractivity contribution in [2.45, 2.75) is 33.4 Å². The maximum Gasteiger partial charge on any atom is 0.131 e. The fourth-order valence-electron chi connectivity index (χ4n) is 2.20. The smallest absolute Gasteiger partial charge is 0.131 e. The summed E-state index contributed by atoms with van der Waals surface area (Å²) in [6, 6.07) is 3.96. The Hall–Kier alpha value is -1.72. The van der Waals surface area contributed by atoms with Gasteiger partial charge in [-0.1, -0.05) is 0 Å². The zero-order valence-corrected chi connectivity index (χ0v) is 11.0. The van der Waals surface area contributed by atoms with Gasteiger partial charge in [-0.3, -0.25) is 10.8 Å². The van der Waals surface area contributed by atoms with Gasteiger partial charge in [0, 0.05) is 30.3 Å². The molecule has 0 spiro atoms. The molecular weight excluding hydrogens is 226 g/mol. The minimum Gasteiger partial charge on any atom is -0.334 e. The molecule has 0 aliphatic rings. The van der Waals surface area contributed by atoms with Crippen LogP contribution in [0.1, 0.15) is 35.7 Å². The first-order valence-electron chi connectivity index (χ1n) is 6.08. The van der Waals surface area contributed by atoms with E-state index >= 15 is 0 Å². The highest BCUT2D eigenvalue weighted by Crippen LogP contribution is 2.21. The number of nitrogens with one attached hydrogen (secondary N) is 1.